The first-order chi connectivity index (χ1) is 9.29. The van der Waals surface area contributed by atoms with E-state index in [1.807, 2.05) is 11.9 Å². The Balaban J connectivity index is 0.00000200. The lowest BCUT2D eigenvalue weighted by Crippen LogP contribution is -2.39. The van der Waals surface area contributed by atoms with E-state index in [0.717, 1.165) is 50.9 Å². The average molecular weight is 305 g/mol. The Hall–Kier alpha value is -0.320. The molecule has 5 heteroatoms. The number of carbonyl (C=O) groups excluding carboxylic acids is 1. The zero-order chi connectivity index (χ0) is 13.5. The Morgan fingerprint density at radius 2 is 1.90 bits per heavy atom. The highest BCUT2D eigenvalue weighted by Crippen LogP contribution is 2.28. The number of carbonyl (C=O) groups is 1. The number of amides is 1. The molecule has 118 valence electrons. The van der Waals surface area contributed by atoms with Crippen molar-refractivity contribution < 1.29 is 9.53 Å². The fourth-order valence-electron chi connectivity index (χ4n) is 2.67. The van der Waals surface area contributed by atoms with Crippen molar-refractivity contribution in [2.24, 2.45) is 11.8 Å². The number of hydrogen-bond donors (Lipinski definition) is 1. The summed E-state index contributed by atoms with van der Waals surface area (Å²) in [6.07, 6.45) is 6.76. The minimum atomic E-state index is 0. The van der Waals surface area contributed by atoms with E-state index in [1.54, 1.807) is 0 Å². The molecule has 0 spiro atoms. The maximum atomic E-state index is 12.0. The Labute approximate surface area is 129 Å². The van der Waals surface area contributed by atoms with Crippen LogP contribution in [-0.2, 0) is 9.53 Å². The molecule has 1 amide bonds. The topological polar surface area (TPSA) is 41.6 Å². The molecule has 1 aliphatic heterocycles. The van der Waals surface area contributed by atoms with Crippen LogP contribution in [0.15, 0.2) is 0 Å². The lowest BCUT2D eigenvalue weighted by atomic mass is 9.93. The average Bonchev–Trinajstić information content (AvgIpc) is 3.26. The number of halogens is 1. The molecule has 2 rings (SSSR count). The summed E-state index contributed by atoms with van der Waals surface area (Å²) >= 11 is 0. The Morgan fingerprint density at radius 3 is 2.50 bits per heavy atom. The van der Waals surface area contributed by atoms with Crippen LogP contribution >= 0.6 is 12.4 Å². The summed E-state index contributed by atoms with van der Waals surface area (Å²) < 4.78 is 5.54. The quantitative estimate of drug-likeness (QED) is 0.698. The lowest BCUT2D eigenvalue weighted by Gasteiger charge is -2.32. The summed E-state index contributed by atoms with van der Waals surface area (Å²) in [4.78, 5) is 14.0. The molecule has 2 fully saturated rings. The second-order valence-electron chi connectivity index (χ2n) is 5.98. The van der Waals surface area contributed by atoms with Gasteiger partial charge in [-0.2, -0.15) is 0 Å². The van der Waals surface area contributed by atoms with Gasteiger partial charge in [-0.3, -0.25) is 4.79 Å². The molecule has 1 saturated carbocycles. The molecule has 0 aromatic rings. The summed E-state index contributed by atoms with van der Waals surface area (Å²) in [5, 5.41) is 3.20. The standard InChI is InChI=1S/C15H28N2O2.ClH/c1-16-8-4-13-5-9-17(10-6-13)15(18)7-11-19-12-14-2-3-14;/h13-14,16H,2-12H2,1H3;1H. The third-order valence-corrected chi connectivity index (χ3v) is 4.28. The van der Waals surface area contributed by atoms with Crippen molar-refractivity contribution in [3.8, 4) is 0 Å². The number of likely N-dealkylation sites (tertiary alicyclic amines) is 1. The van der Waals surface area contributed by atoms with Crippen LogP contribution in [0.5, 0.6) is 0 Å². The summed E-state index contributed by atoms with van der Waals surface area (Å²) in [5.41, 5.74) is 0. The zero-order valence-electron chi connectivity index (χ0n) is 12.6. The molecule has 0 atom stereocenters. The molecule has 0 aromatic heterocycles. The molecular weight excluding hydrogens is 276 g/mol. The second-order valence-corrected chi connectivity index (χ2v) is 5.98. The highest BCUT2D eigenvalue weighted by Gasteiger charge is 2.23. The molecule has 20 heavy (non-hydrogen) atoms. The Kier molecular flexibility index (Phi) is 8.50. The smallest absolute Gasteiger partial charge is 0.224 e. The molecule has 1 saturated heterocycles. The van der Waals surface area contributed by atoms with E-state index >= 15 is 0 Å². The van der Waals surface area contributed by atoms with Crippen molar-refractivity contribution in [2.45, 2.75) is 38.5 Å². The van der Waals surface area contributed by atoms with Gasteiger partial charge in [0.05, 0.1) is 13.0 Å². The highest BCUT2D eigenvalue weighted by molar-refractivity contribution is 5.85. The number of nitrogens with one attached hydrogen (secondary N) is 1. The Bertz CT molecular complexity index is 277. The van der Waals surface area contributed by atoms with E-state index < -0.39 is 0 Å². The molecule has 0 radical (unpaired) electrons. The van der Waals surface area contributed by atoms with Gasteiger partial charge >= 0.3 is 0 Å². The summed E-state index contributed by atoms with van der Waals surface area (Å²) in [6.45, 7) is 4.44. The van der Waals surface area contributed by atoms with Gasteiger partial charge in [0, 0.05) is 19.7 Å². The SMILES string of the molecule is CNCCC1CCN(C(=O)CCOCC2CC2)CC1.Cl. The fraction of sp³-hybridized carbons (Fsp3) is 0.933. The van der Waals surface area contributed by atoms with Gasteiger partial charge in [0.2, 0.25) is 5.91 Å². The van der Waals surface area contributed by atoms with Crippen LogP contribution < -0.4 is 5.32 Å². The van der Waals surface area contributed by atoms with Crippen molar-refractivity contribution in [1.29, 1.82) is 0 Å². The normalized spacial score (nSPS) is 19.8. The van der Waals surface area contributed by atoms with Crippen LogP contribution in [0.3, 0.4) is 0 Å². The van der Waals surface area contributed by atoms with Crippen molar-refractivity contribution in [1.82, 2.24) is 10.2 Å². The van der Waals surface area contributed by atoms with Crippen LogP contribution in [0, 0.1) is 11.8 Å². The first kappa shape index (κ1) is 17.7. The van der Waals surface area contributed by atoms with Gasteiger partial charge in [-0.15, -0.1) is 12.4 Å². The number of hydrogen-bond acceptors (Lipinski definition) is 3. The van der Waals surface area contributed by atoms with Crippen LogP contribution in [0.25, 0.3) is 0 Å². The minimum Gasteiger partial charge on any atom is -0.381 e. The molecule has 4 nitrogen and oxygen atoms in total. The number of piperidine rings is 1. The molecule has 1 N–H and O–H groups in total. The van der Waals surface area contributed by atoms with E-state index in [-0.39, 0.29) is 18.3 Å². The van der Waals surface area contributed by atoms with Gasteiger partial charge in [0.1, 0.15) is 0 Å². The van der Waals surface area contributed by atoms with Gasteiger partial charge < -0.3 is 15.0 Å². The molecule has 0 aromatic carbocycles. The van der Waals surface area contributed by atoms with E-state index in [2.05, 4.69) is 5.32 Å². The molecular formula is C15H29ClN2O2. The molecule has 2 aliphatic rings. The number of rotatable bonds is 8. The maximum Gasteiger partial charge on any atom is 0.224 e. The number of nitrogens with zero attached hydrogens (tertiary/aromatic N) is 1. The lowest BCUT2D eigenvalue weighted by molar-refractivity contribution is -0.133. The maximum absolute atomic E-state index is 12.0. The van der Waals surface area contributed by atoms with Crippen molar-refractivity contribution in [2.75, 3.05) is 39.9 Å². The monoisotopic (exact) mass is 304 g/mol. The fourth-order valence-corrected chi connectivity index (χ4v) is 2.67. The predicted octanol–water partition coefficient (Wildman–Crippen LogP) is 2.07. The molecule has 1 aliphatic carbocycles. The van der Waals surface area contributed by atoms with Gasteiger partial charge in [-0.25, -0.2) is 0 Å². The van der Waals surface area contributed by atoms with Crippen LogP contribution in [0.2, 0.25) is 0 Å². The molecule has 1 heterocycles. The first-order valence-electron chi connectivity index (χ1n) is 7.79. The third kappa shape index (κ3) is 6.42. The first-order valence-corrected chi connectivity index (χ1v) is 7.79. The van der Waals surface area contributed by atoms with Gasteiger partial charge in [-0.1, -0.05) is 0 Å². The van der Waals surface area contributed by atoms with Crippen LogP contribution in [0.4, 0.5) is 0 Å². The van der Waals surface area contributed by atoms with Crippen LogP contribution in [0.1, 0.15) is 38.5 Å². The molecule has 0 bridgehead atoms. The number of ether oxygens (including phenoxy) is 1. The second kappa shape index (κ2) is 9.59. The van der Waals surface area contributed by atoms with Crippen molar-refractivity contribution in [3.05, 3.63) is 0 Å². The largest absolute Gasteiger partial charge is 0.381 e. The predicted molar refractivity (Wildman–Crippen MR) is 83.3 cm³/mol. The van der Waals surface area contributed by atoms with E-state index in [0.29, 0.717) is 13.0 Å². The van der Waals surface area contributed by atoms with E-state index in [4.69, 9.17) is 4.74 Å². The molecule has 0 unspecified atom stereocenters. The van der Waals surface area contributed by atoms with E-state index in [9.17, 15) is 4.79 Å². The summed E-state index contributed by atoms with van der Waals surface area (Å²) in [5.74, 6) is 1.86. The van der Waals surface area contributed by atoms with Crippen molar-refractivity contribution >= 4 is 18.3 Å². The Morgan fingerprint density at radius 1 is 1.20 bits per heavy atom. The van der Waals surface area contributed by atoms with Crippen molar-refractivity contribution in [3.63, 3.8) is 0 Å². The zero-order valence-corrected chi connectivity index (χ0v) is 13.4. The summed E-state index contributed by atoms with van der Waals surface area (Å²) in [7, 11) is 2.00. The summed E-state index contributed by atoms with van der Waals surface area (Å²) in [6, 6.07) is 0. The van der Waals surface area contributed by atoms with Gasteiger partial charge in [0.15, 0.2) is 0 Å². The van der Waals surface area contributed by atoms with Gasteiger partial charge in [-0.05, 0) is 57.5 Å². The third-order valence-electron chi connectivity index (χ3n) is 4.28. The minimum absolute atomic E-state index is 0. The van der Waals surface area contributed by atoms with E-state index in [1.165, 1.54) is 19.3 Å². The highest BCUT2D eigenvalue weighted by atomic mass is 35.5. The van der Waals surface area contributed by atoms with Gasteiger partial charge in [0.25, 0.3) is 0 Å². The van der Waals surface area contributed by atoms with Crippen LogP contribution in [-0.4, -0.2) is 50.7 Å².